The van der Waals surface area contributed by atoms with Gasteiger partial charge in [-0.05, 0) is 11.4 Å². The second-order valence-electron chi connectivity index (χ2n) is 1.83. The molecule has 0 aliphatic heterocycles. The number of carbonyl (C=O) groups is 1. The Balaban J connectivity index is 2.74. The number of hydrogen-bond donors (Lipinski definition) is 1. The van der Waals surface area contributed by atoms with Gasteiger partial charge in [-0.25, -0.2) is 0 Å². The molecule has 0 bridgehead atoms. The summed E-state index contributed by atoms with van der Waals surface area (Å²) in [5.41, 5.74) is 0. The molecule has 1 aromatic heterocycles. The van der Waals surface area contributed by atoms with Crippen molar-refractivity contribution >= 4 is 23.0 Å². The minimum atomic E-state index is -0.639. The molecule has 1 aromatic rings. The van der Waals surface area contributed by atoms with Crippen molar-refractivity contribution in [3.63, 3.8) is 0 Å². The largest absolute Gasteiger partial charge is 0.363 e. The summed E-state index contributed by atoms with van der Waals surface area (Å²) in [6.45, 7) is 0. The minimum Gasteiger partial charge on any atom is -0.363 e. The zero-order valence-electron chi connectivity index (χ0n) is 5.90. The lowest BCUT2D eigenvalue weighted by molar-refractivity contribution is 0.104. The van der Waals surface area contributed by atoms with Crippen molar-refractivity contribution < 1.29 is 9.53 Å². The standard InChI is InChI=1S/C7H4N2O2S/c8-4-11-7(9)6(10)5-2-1-3-12-5/h1-3,9H. The first-order valence-corrected chi connectivity index (χ1v) is 3.86. The van der Waals surface area contributed by atoms with Crippen LogP contribution in [0.25, 0.3) is 0 Å². The van der Waals surface area contributed by atoms with Crippen molar-refractivity contribution in [2.75, 3.05) is 0 Å². The second kappa shape index (κ2) is 3.64. The Morgan fingerprint density at radius 2 is 2.50 bits per heavy atom. The van der Waals surface area contributed by atoms with E-state index in [0.29, 0.717) is 4.88 Å². The minimum absolute atomic E-state index is 0.398. The smallest absolute Gasteiger partial charge is 0.293 e. The molecule has 0 spiro atoms. The first-order valence-electron chi connectivity index (χ1n) is 2.98. The summed E-state index contributed by atoms with van der Waals surface area (Å²) in [5.74, 6) is -1.20. The van der Waals surface area contributed by atoms with Crippen molar-refractivity contribution in [3.05, 3.63) is 22.4 Å². The fourth-order valence-corrected chi connectivity index (χ4v) is 1.27. The highest BCUT2D eigenvalue weighted by molar-refractivity contribution is 7.12. The lowest BCUT2D eigenvalue weighted by Gasteiger charge is -1.93. The fourth-order valence-electron chi connectivity index (χ4n) is 0.612. The molecule has 0 saturated heterocycles. The number of thiophene rings is 1. The number of Topliss-reactive ketones (excluding diaryl/α,β-unsaturated/α-hetero) is 1. The van der Waals surface area contributed by atoms with E-state index in [0.717, 1.165) is 0 Å². The molecule has 1 rings (SSSR count). The summed E-state index contributed by atoms with van der Waals surface area (Å²) < 4.78 is 4.07. The van der Waals surface area contributed by atoms with Gasteiger partial charge in [-0.1, -0.05) is 6.07 Å². The third kappa shape index (κ3) is 1.68. The van der Waals surface area contributed by atoms with Gasteiger partial charge in [-0.3, -0.25) is 10.2 Å². The van der Waals surface area contributed by atoms with Gasteiger partial charge >= 0.3 is 0 Å². The van der Waals surface area contributed by atoms with Crippen LogP contribution in [0.4, 0.5) is 0 Å². The predicted molar refractivity (Wildman–Crippen MR) is 43.1 cm³/mol. The number of nitrogens with zero attached hydrogens (tertiary/aromatic N) is 1. The Labute approximate surface area is 72.5 Å². The number of nitrogens with one attached hydrogen (secondary N) is 1. The SMILES string of the molecule is N#COC(=N)C(=O)c1cccs1. The van der Waals surface area contributed by atoms with Crippen LogP contribution < -0.4 is 0 Å². The molecule has 0 unspecified atom stereocenters. The molecule has 0 aliphatic carbocycles. The average Bonchev–Trinajstić information content (AvgIpc) is 2.55. The summed E-state index contributed by atoms with van der Waals surface area (Å²) >= 11 is 1.21. The molecule has 4 nitrogen and oxygen atoms in total. The van der Waals surface area contributed by atoms with Gasteiger partial charge in [-0.15, -0.1) is 16.6 Å². The molecule has 1 N–H and O–H groups in total. The third-order valence-corrected chi connectivity index (χ3v) is 1.97. The molecular formula is C7H4N2O2S. The van der Waals surface area contributed by atoms with Crippen LogP contribution in [0.2, 0.25) is 0 Å². The lowest BCUT2D eigenvalue weighted by Crippen LogP contribution is -2.12. The molecule has 5 heteroatoms. The Morgan fingerprint density at radius 3 is 3.00 bits per heavy atom. The van der Waals surface area contributed by atoms with E-state index in [9.17, 15) is 4.79 Å². The van der Waals surface area contributed by atoms with E-state index in [1.54, 1.807) is 17.5 Å². The average molecular weight is 180 g/mol. The molecule has 0 fully saturated rings. The highest BCUT2D eigenvalue weighted by Crippen LogP contribution is 2.09. The summed E-state index contributed by atoms with van der Waals surface area (Å²) in [7, 11) is 0. The van der Waals surface area contributed by atoms with E-state index < -0.39 is 11.7 Å². The Morgan fingerprint density at radius 1 is 1.75 bits per heavy atom. The number of hydrogen-bond acceptors (Lipinski definition) is 5. The quantitative estimate of drug-likeness (QED) is 0.323. The predicted octanol–water partition coefficient (Wildman–Crippen LogP) is 1.41. The van der Waals surface area contributed by atoms with Crippen molar-refractivity contribution in [1.82, 2.24) is 0 Å². The summed E-state index contributed by atoms with van der Waals surface area (Å²) in [6.07, 6.45) is 1.27. The first kappa shape index (κ1) is 8.43. The summed E-state index contributed by atoms with van der Waals surface area (Å²) in [4.78, 5) is 11.5. The maximum absolute atomic E-state index is 11.1. The number of ether oxygens (including phenoxy) is 1. The van der Waals surface area contributed by atoms with Gasteiger partial charge in [0.05, 0.1) is 4.88 Å². The first-order chi connectivity index (χ1) is 5.75. The van der Waals surface area contributed by atoms with E-state index in [1.165, 1.54) is 17.6 Å². The molecule has 0 aromatic carbocycles. The molecule has 12 heavy (non-hydrogen) atoms. The van der Waals surface area contributed by atoms with E-state index in [1.807, 2.05) is 0 Å². The van der Waals surface area contributed by atoms with Gasteiger partial charge < -0.3 is 4.74 Å². The fraction of sp³-hybridized carbons (Fsp3) is 0. The van der Waals surface area contributed by atoms with Crippen LogP contribution in [-0.2, 0) is 4.74 Å². The van der Waals surface area contributed by atoms with E-state index in [-0.39, 0.29) is 0 Å². The summed E-state index contributed by atoms with van der Waals surface area (Å²) in [5, 5.41) is 16.7. The van der Waals surface area contributed by atoms with Crippen LogP contribution in [-0.4, -0.2) is 11.7 Å². The lowest BCUT2D eigenvalue weighted by atomic mass is 10.3. The molecule has 0 radical (unpaired) electrons. The van der Waals surface area contributed by atoms with Crippen LogP contribution in [0.1, 0.15) is 9.67 Å². The van der Waals surface area contributed by atoms with Crippen molar-refractivity contribution in [2.24, 2.45) is 0 Å². The third-order valence-electron chi connectivity index (χ3n) is 1.10. The van der Waals surface area contributed by atoms with Crippen LogP contribution >= 0.6 is 11.3 Å². The molecule has 0 atom stereocenters. The van der Waals surface area contributed by atoms with Crippen molar-refractivity contribution in [1.29, 1.82) is 10.7 Å². The van der Waals surface area contributed by atoms with Crippen molar-refractivity contribution in [3.8, 4) is 6.26 Å². The topological polar surface area (TPSA) is 73.9 Å². The number of carbonyl (C=O) groups excluding carboxylic acids is 1. The van der Waals surface area contributed by atoms with Crippen molar-refractivity contribution in [2.45, 2.75) is 0 Å². The zero-order chi connectivity index (χ0) is 8.97. The highest BCUT2D eigenvalue weighted by Gasteiger charge is 2.14. The normalized spacial score (nSPS) is 8.58. The molecular weight excluding hydrogens is 176 g/mol. The maximum atomic E-state index is 11.1. The van der Waals surface area contributed by atoms with Gasteiger partial charge in [0.25, 0.3) is 17.9 Å². The van der Waals surface area contributed by atoms with Crippen LogP contribution in [0, 0.1) is 16.9 Å². The summed E-state index contributed by atoms with van der Waals surface area (Å²) in [6, 6.07) is 3.26. The maximum Gasteiger partial charge on any atom is 0.293 e. The van der Waals surface area contributed by atoms with Gasteiger partial charge in [0.1, 0.15) is 0 Å². The molecule has 0 amide bonds. The van der Waals surface area contributed by atoms with Crippen LogP contribution in [0.3, 0.4) is 0 Å². The number of rotatable bonds is 2. The highest BCUT2D eigenvalue weighted by atomic mass is 32.1. The van der Waals surface area contributed by atoms with Crippen LogP contribution in [0.5, 0.6) is 0 Å². The van der Waals surface area contributed by atoms with Gasteiger partial charge in [0.2, 0.25) is 0 Å². The van der Waals surface area contributed by atoms with Crippen LogP contribution in [0.15, 0.2) is 17.5 Å². The Hall–Kier alpha value is -1.67. The Bertz CT molecular complexity index is 337. The molecule has 0 aliphatic rings. The molecule has 0 saturated carbocycles. The second-order valence-corrected chi connectivity index (χ2v) is 2.78. The monoisotopic (exact) mass is 180 g/mol. The van der Waals surface area contributed by atoms with Gasteiger partial charge in [0, 0.05) is 0 Å². The van der Waals surface area contributed by atoms with E-state index in [4.69, 9.17) is 10.7 Å². The zero-order valence-corrected chi connectivity index (χ0v) is 6.72. The van der Waals surface area contributed by atoms with Gasteiger partial charge in [0.15, 0.2) is 0 Å². The molecule has 60 valence electrons. The molecule has 1 heterocycles. The number of ketones is 1. The van der Waals surface area contributed by atoms with E-state index in [2.05, 4.69) is 4.74 Å². The van der Waals surface area contributed by atoms with Gasteiger partial charge in [-0.2, -0.15) is 0 Å². The number of nitriles is 1. The van der Waals surface area contributed by atoms with E-state index >= 15 is 0 Å². The Kier molecular flexibility index (Phi) is 2.56.